The van der Waals surface area contributed by atoms with E-state index < -0.39 is 0 Å². The molecule has 0 saturated heterocycles. The quantitative estimate of drug-likeness (QED) is 0.408. The second kappa shape index (κ2) is 2.15. The molecule has 0 heteroatoms. The molecule has 0 amide bonds. The molecule has 0 heterocycles. The summed E-state index contributed by atoms with van der Waals surface area (Å²) in [6, 6.07) is 0. The molecule has 0 aliphatic heterocycles. The molecule has 0 unspecified atom stereocenters. The first-order valence-corrected chi connectivity index (χ1v) is 2.70. The first-order valence-electron chi connectivity index (χ1n) is 2.70. The van der Waals surface area contributed by atoms with Gasteiger partial charge in [0.05, 0.1) is 0 Å². The van der Waals surface area contributed by atoms with Gasteiger partial charge in [0.25, 0.3) is 0 Å². The Labute approximate surface area is 46.2 Å². The molecule has 0 N–H and O–H groups in total. The fourth-order valence-corrected chi connectivity index (χ4v) is 0.500. The van der Waals surface area contributed by atoms with Crippen molar-refractivity contribution in [3.8, 4) is 0 Å². The Balaban J connectivity index is 3.56. The van der Waals surface area contributed by atoms with Crippen molar-refractivity contribution in [1.82, 2.24) is 0 Å². The highest BCUT2D eigenvalue weighted by molar-refractivity contribution is 4.88. The lowest BCUT2D eigenvalue weighted by Gasteiger charge is -2.09. The zero-order chi connectivity index (χ0) is 5.91. The molecule has 0 aromatic heterocycles. The number of hydrogen-bond acceptors (Lipinski definition) is 0. The lowest BCUT2D eigenvalue weighted by Crippen LogP contribution is -1.97. The average Bonchev–Trinajstić information content (AvgIpc) is 1.30. The van der Waals surface area contributed by atoms with Crippen molar-refractivity contribution in [2.75, 3.05) is 0 Å². The predicted molar refractivity (Wildman–Crippen MR) is 34.3 cm³/mol. The molecule has 0 nitrogen and oxygen atoms in total. The average molecular weight is 98.2 g/mol. The molecular formula is C7H14. The molecule has 0 atom stereocenters. The SMILES string of the molecule is C/C=C/C(C)(C)C. The zero-order valence-corrected chi connectivity index (χ0v) is 5.65. The van der Waals surface area contributed by atoms with E-state index in [4.69, 9.17) is 0 Å². The molecule has 0 saturated carbocycles. The van der Waals surface area contributed by atoms with E-state index in [2.05, 4.69) is 32.9 Å². The van der Waals surface area contributed by atoms with Gasteiger partial charge in [-0.15, -0.1) is 0 Å². The summed E-state index contributed by atoms with van der Waals surface area (Å²) in [6.45, 7) is 8.61. The molecule has 7 heavy (non-hydrogen) atoms. The van der Waals surface area contributed by atoms with E-state index in [1.54, 1.807) is 0 Å². The lowest BCUT2D eigenvalue weighted by atomic mass is 9.97. The number of allylic oxidation sites excluding steroid dienone is 2. The maximum atomic E-state index is 2.19. The van der Waals surface area contributed by atoms with Crippen LogP contribution in [0.1, 0.15) is 27.7 Å². The third kappa shape index (κ3) is 5.74. The van der Waals surface area contributed by atoms with Crippen LogP contribution in [0.4, 0.5) is 0 Å². The molecule has 0 rings (SSSR count). The first kappa shape index (κ1) is 6.74. The van der Waals surface area contributed by atoms with Crippen LogP contribution < -0.4 is 0 Å². The van der Waals surface area contributed by atoms with Gasteiger partial charge in [-0.25, -0.2) is 0 Å². The maximum Gasteiger partial charge on any atom is -0.0203 e. The lowest BCUT2D eigenvalue weighted by molar-refractivity contribution is 0.543. The minimum Gasteiger partial charge on any atom is -0.0911 e. The Bertz CT molecular complexity index is 62.6. The summed E-state index contributed by atoms with van der Waals surface area (Å²) in [4.78, 5) is 0. The summed E-state index contributed by atoms with van der Waals surface area (Å²) in [5.41, 5.74) is 0.370. The monoisotopic (exact) mass is 98.1 g/mol. The second-order valence-corrected chi connectivity index (χ2v) is 2.87. The molecule has 0 bridgehead atoms. The van der Waals surface area contributed by atoms with E-state index in [1.807, 2.05) is 6.92 Å². The normalized spacial score (nSPS) is 13.1. The zero-order valence-electron chi connectivity index (χ0n) is 5.65. The fraction of sp³-hybridized carbons (Fsp3) is 0.714. The fourth-order valence-electron chi connectivity index (χ4n) is 0.500. The van der Waals surface area contributed by atoms with Gasteiger partial charge < -0.3 is 0 Å². The van der Waals surface area contributed by atoms with E-state index in [0.29, 0.717) is 5.41 Å². The van der Waals surface area contributed by atoms with Crippen LogP contribution in [0.25, 0.3) is 0 Å². The summed E-state index contributed by atoms with van der Waals surface area (Å²) in [6.07, 6.45) is 4.27. The van der Waals surface area contributed by atoms with E-state index in [0.717, 1.165) is 0 Å². The Morgan fingerprint density at radius 3 is 1.57 bits per heavy atom. The van der Waals surface area contributed by atoms with Crippen LogP contribution in [0.3, 0.4) is 0 Å². The molecule has 0 radical (unpaired) electrons. The van der Waals surface area contributed by atoms with Gasteiger partial charge in [-0.2, -0.15) is 0 Å². The molecule has 42 valence electrons. The van der Waals surface area contributed by atoms with Gasteiger partial charge in [0, 0.05) is 0 Å². The Kier molecular flexibility index (Phi) is 2.07. The van der Waals surface area contributed by atoms with Crippen LogP contribution in [-0.2, 0) is 0 Å². The molecule has 0 aromatic rings. The smallest absolute Gasteiger partial charge is 0.0203 e. The highest BCUT2D eigenvalue weighted by atomic mass is 14.1. The van der Waals surface area contributed by atoms with Crippen molar-refractivity contribution in [2.24, 2.45) is 5.41 Å². The van der Waals surface area contributed by atoms with Crippen LogP contribution >= 0.6 is 0 Å². The summed E-state index contributed by atoms with van der Waals surface area (Å²) >= 11 is 0. The van der Waals surface area contributed by atoms with Crippen LogP contribution in [0.5, 0.6) is 0 Å². The number of rotatable bonds is 0. The Morgan fingerprint density at radius 1 is 1.14 bits per heavy atom. The van der Waals surface area contributed by atoms with E-state index in [-0.39, 0.29) is 0 Å². The Hall–Kier alpha value is -0.260. The third-order valence-corrected chi connectivity index (χ3v) is 0.667. The molecule has 0 aromatic carbocycles. The summed E-state index contributed by atoms with van der Waals surface area (Å²) in [7, 11) is 0. The van der Waals surface area contributed by atoms with Gasteiger partial charge >= 0.3 is 0 Å². The summed E-state index contributed by atoms with van der Waals surface area (Å²) in [5.74, 6) is 0. The van der Waals surface area contributed by atoms with Crippen LogP contribution in [-0.4, -0.2) is 0 Å². The third-order valence-electron chi connectivity index (χ3n) is 0.667. The first-order chi connectivity index (χ1) is 3.06. The van der Waals surface area contributed by atoms with Gasteiger partial charge in [-0.05, 0) is 12.3 Å². The highest BCUT2D eigenvalue weighted by Crippen LogP contribution is 2.13. The van der Waals surface area contributed by atoms with E-state index in [9.17, 15) is 0 Å². The van der Waals surface area contributed by atoms with Crippen molar-refractivity contribution in [1.29, 1.82) is 0 Å². The van der Waals surface area contributed by atoms with Gasteiger partial charge in [-0.1, -0.05) is 32.9 Å². The van der Waals surface area contributed by atoms with Crippen LogP contribution in [0.15, 0.2) is 12.2 Å². The van der Waals surface area contributed by atoms with Crippen LogP contribution in [0.2, 0.25) is 0 Å². The van der Waals surface area contributed by atoms with Crippen molar-refractivity contribution < 1.29 is 0 Å². The van der Waals surface area contributed by atoms with Gasteiger partial charge in [0.2, 0.25) is 0 Å². The van der Waals surface area contributed by atoms with E-state index in [1.165, 1.54) is 0 Å². The van der Waals surface area contributed by atoms with Crippen molar-refractivity contribution in [3.63, 3.8) is 0 Å². The summed E-state index contributed by atoms with van der Waals surface area (Å²) < 4.78 is 0. The standard InChI is InChI=1S/C7H14/c1-5-6-7(2,3)4/h5-6H,1-4H3/b6-5+. The minimum atomic E-state index is 0.370. The molecule has 0 aliphatic rings. The van der Waals surface area contributed by atoms with Crippen molar-refractivity contribution in [3.05, 3.63) is 12.2 Å². The van der Waals surface area contributed by atoms with Crippen molar-refractivity contribution >= 4 is 0 Å². The second-order valence-electron chi connectivity index (χ2n) is 2.87. The van der Waals surface area contributed by atoms with Gasteiger partial charge in [0.1, 0.15) is 0 Å². The summed E-state index contributed by atoms with van der Waals surface area (Å²) in [5, 5.41) is 0. The molecule has 0 aliphatic carbocycles. The molecular weight excluding hydrogens is 84.1 g/mol. The maximum absolute atomic E-state index is 2.19. The van der Waals surface area contributed by atoms with Gasteiger partial charge in [0.15, 0.2) is 0 Å². The van der Waals surface area contributed by atoms with Gasteiger partial charge in [-0.3, -0.25) is 0 Å². The highest BCUT2D eigenvalue weighted by Gasteiger charge is 2.00. The number of hydrogen-bond donors (Lipinski definition) is 0. The molecule has 0 spiro atoms. The topological polar surface area (TPSA) is 0 Å². The Morgan fingerprint density at radius 2 is 1.57 bits per heavy atom. The van der Waals surface area contributed by atoms with E-state index >= 15 is 0 Å². The largest absolute Gasteiger partial charge is 0.0911 e. The van der Waals surface area contributed by atoms with Crippen LogP contribution in [0, 0.1) is 5.41 Å². The minimum absolute atomic E-state index is 0.370. The van der Waals surface area contributed by atoms with Crippen molar-refractivity contribution in [2.45, 2.75) is 27.7 Å². The molecule has 0 fully saturated rings. The predicted octanol–water partition coefficient (Wildman–Crippen LogP) is 2.61.